The standard InChI is InChI=1S/C22H16ClN2O4/c23-15-9-7-14(8-10-15)12-24-19-17-5-1-2-6-18(17)29-20(19)21(26)25(22(24)27)13-16-4-3-11-28-16/h1-11,20H,12-13H2/q+1. The first kappa shape index (κ1) is 17.7. The van der Waals surface area contributed by atoms with Crippen molar-refractivity contribution in [3.63, 3.8) is 0 Å². The highest BCUT2D eigenvalue weighted by molar-refractivity contribution is 6.30. The van der Waals surface area contributed by atoms with Crippen molar-refractivity contribution in [2.75, 3.05) is 0 Å². The number of halogens is 1. The molecule has 0 bridgehead atoms. The van der Waals surface area contributed by atoms with Crippen molar-refractivity contribution in [2.24, 2.45) is 0 Å². The van der Waals surface area contributed by atoms with Crippen LogP contribution in [0.3, 0.4) is 0 Å². The zero-order valence-corrected chi connectivity index (χ0v) is 16.0. The number of amides is 3. The molecule has 1 unspecified atom stereocenters. The van der Waals surface area contributed by atoms with Crippen molar-refractivity contribution in [3.05, 3.63) is 88.8 Å². The van der Waals surface area contributed by atoms with Crippen molar-refractivity contribution in [2.45, 2.75) is 19.2 Å². The van der Waals surface area contributed by atoms with Gasteiger partial charge in [0.25, 0.3) is 6.10 Å². The third kappa shape index (κ3) is 3.02. The number of fused-ring (bicyclic) bond motifs is 3. The highest BCUT2D eigenvalue weighted by Crippen LogP contribution is 2.33. The van der Waals surface area contributed by atoms with Gasteiger partial charge in [-0.05, 0) is 42.0 Å². The molecule has 2 aliphatic heterocycles. The number of imide groups is 1. The molecule has 144 valence electrons. The Balaban J connectivity index is 1.61. The minimum absolute atomic E-state index is 0.0469. The minimum Gasteiger partial charge on any atom is -0.469 e. The van der Waals surface area contributed by atoms with Crippen molar-refractivity contribution < 1.29 is 23.3 Å². The van der Waals surface area contributed by atoms with E-state index in [0.29, 0.717) is 28.8 Å². The molecule has 3 heterocycles. The maximum absolute atomic E-state index is 13.4. The first-order valence-corrected chi connectivity index (χ1v) is 9.52. The van der Waals surface area contributed by atoms with Gasteiger partial charge in [0.05, 0.1) is 11.8 Å². The molecule has 1 aromatic heterocycles. The second kappa shape index (κ2) is 6.90. The average molecular weight is 408 g/mol. The number of furan rings is 1. The zero-order chi connectivity index (χ0) is 20.0. The molecule has 7 heteroatoms. The Kier molecular flexibility index (Phi) is 4.21. The highest BCUT2D eigenvalue weighted by Gasteiger charge is 2.53. The minimum atomic E-state index is -0.868. The number of carbonyl (C=O) groups is 2. The summed E-state index contributed by atoms with van der Waals surface area (Å²) in [5.74, 6) is 0.719. The summed E-state index contributed by atoms with van der Waals surface area (Å²) in [6.45, 7) is 0.340. The lowest BCUT2D eigenvalue weighted by atomic mass is 10.0. The van der Waals surface area contributed by atoms with E-state index in [1.165, 1.54) is 11.2 Å². The Bertz CT molecular complexity index is 1140. The van der Waals surface area contributed by atoms with Crippen molar-refractivity contribution in [1.29, 1.82) is 0 Å². The molecule has 0 spiro atoms. The van der Waals surface area contributed by atoms with Crippen LogP contribution in [-0.4, -0.2) is 33.2 Å². The zero-order valence-electron chi connectivity index (χ0n) is 15.2. The number of hydrogen-bond acceptors (Lipinski definition) is 4. The molecular formula is C22H16ClN2O4+. The maximum Gasteiger partial charge on any atom is 0.501 e. The van der Waals surface area contributed by atoms with Gasteiger partial charge in [-0.2, -0.15) is 9.37 Å². The van der Waals surface area contributed by atoms with E-state index in [1.807, 2.05) is 30.3 Å². The maximum atomic E-state index is 13.4. The predicted octanol–water partition coefficient (Wildman–Crippen LogP) is 3.86. The first-order valence-electron chi connectivity index (χ1n) is 9.14. The van der Waals surface area contributed by atoms with E-state index in [0.717, 1.165) is 11.1 Å². The Morgan fingerprint density at radius 1 is 1.00 bits per heavy atom. The average Bonchev–Trinajstić information content (AvgIpc) is 3.38. The normalized spacial score (nSPS) is 18.0. The van der Waals surface area contributed by atoms with Crippen LogP contribution in [0.15, 0.2) is 71.3 Å². The van der Waals surface area contributed by atoms with Gasteiger partial charge in [-0.25, -0.2) is 4.79 Å². The van der Waals surface area contributed by atoms with Crippen LogP contribution >= 0.6 is 11.6 Å². The van der Waals surface area contributed by atoms with Crippen LogP contribution in [0.25, 0.3) is 0 Å². The number of ether oxygens (including phenoxy) is 1. The van der Waals surface area contributed by atoms with E-state index >= 15 is 0 Å². The largest absolute Gasteiger partial charge is 0.501 e. The lowest BCUT2D eigenvalue weighted by Crippen LogP contribution is -2.57. The van der Waals surface area contributed by atoms with Crippen molar-refractivity contribution >= 4 is 29.3 Å². The molecule has 0 fully saturated rings. The molecule has 29 heavy (non-hydrogen) atoms. The molecule has 0 N–H and O–H groups in total. The smallest absolute Gasteiger partial charge is 0.469 e. The van der Waals surface area contributed by atoms with Gasteiger partial charge in [0, 0.05) is 5.02 Å². The van der Waals surface area contributed by atoms with Crippen LogP contribution in [0.4, 0.5) is 4.79 Å². The number of urea groups is 1. The molecular weight excluding hydrogens is 392 g/mol. The third-order valence-corrected chi connectivity index (χ3v) is 5.30. The molecule has 3 aromatic rings. The van der Waals surface area contributed by atoms with Gasteiger partial charge in [-0.1, -0.05) is 35.9 Å². The fourth-order valence-electron chi connectivity index (χ4n) is 3.67. The summed E-state index contributed by atoms with van der Waals surface area (Å²) in [7, 11) is 0. The number of para-hydroxylation sites is 1. The first-order chi connectivity index (χ1) is 14.1. The second-order valence-corrected chi connectivity index (χ2v) is 7.31. The SMILES string of the molecule is O=C1C2Oc3ccccc3C2=[N+](Cc2ccc(Cl)cc2)C(=O)N1Cc1ccco1. The Labute approximate surface area is 171 Å². The fourth-order valence-corrected chi connectivity index (χ4v) is 3.80. The fraction of sp³-hybridized carbons (Fsp3) is 0.136. The van der Waals surface area contributed by atoms with E-state index < -0.39 is 18.0 Å². The number of rotatable bonds is 4. The number of hydrogen-bond donors (Lipinski definition) is 0. The summed E-state index contributed by atoms with van der Waals surface area (Å²) in [6, 6.07) is 17.7. The number of benzene rings is 2. The lowest BCUT2D eigenvalue weighted by Gasteiger charge is -2.23. The van der Waals surface area contributed by atoms with E-state index in [1.54, 1.807) is 34.9 Å². The topological polar surface area (TPSA) is 62.8 Å². The van der Waals surface area contributed by atoms with Crippen LogP contribution in [0.2, 0.25) is 5.02 Å². The van der Waals surface area contributed by atoms with Crippen molar-refractivity contribution in [3.8, 4) is 5.75 Å². The molecule has 0 saturated heterocycles. The predicted molar refractivity (Wildman–Crippen MR) is 105 cm³/mol. The molecule has 0 radical (unpaired) electrons. The van der Waals surface area contributed by atoms with Gasteiger partial charge < -0.3 is 9.15 Å². The third-order valence-electron chi connectivity index (χ3n) is 5.05. The summed E-state index contributed by atoms with van der Waals surface area (Å²) in [6.07, 6.45) is 0.645. The summed E-state index contributed by atoms with van der Waals surface area (Å²) < 4.78 is 12.9. The van der Waals surface area contributed by atoms with E-state index in [2.05, 4.69) is 0 Å². The van der Waals surface area contributed by atoms with Crippen LogP contribution in [0.1, 0.15) is 16.9 Å². The van der Waals surface area contributed by atoms with Gasteiger partial charge in [-0.15, -0.1) is 4.90 Å². The summed E-state index contributed by atoms with van der Waals surface area (Å²) >= 11 is 5.99. The number of nitrogens with zero attached hydrogens (tertiary/aromatic N) is 2. The van der Waals surface area contributed by atoms with Crippen LogP contribution in [0.5, 0.6) is 5.75 Å². The Morgan fingerprint density at radius 2 is 1.79 bits per heavy atom. The van der Waals surface area contributed by atoms with Gasteiger partial charge >= 0.3 is 11.9 Å². The molecule has 2 aromatic carbocycles. The molecule has 1 atom stereocenters. The quantitative estimate of drug-likeness (QED) is 0.616. The second-order valence-electron chi connectivity index (χ2n) is 6.88. The van der Waals surface area contributed by atoms with Crippen LogP contribution in [0, 0.1) is 0 Å². The molecule has 0 saturated carbocycles. The molecule has 3 amide bonds. The highest BCUT2D eigenvalue weighted by atomic mass is 35.5. The van der Waals surface area contributed by atoms with Crippen molar-refractivity contribution in [1.82, 2.24) is 4.90 Å². The summed E-state index contributed by atoms with van der Waals surface area (Å²) in [5, 5.41) is 0.619. The van der Waals surface area contributed by atoms with E-state index in [-0.39, 0.29) is 6.54 Å². The van der Waals surface area contributed by atoms with Gasteiger partial charge in [0.2, 0.25) is 0 Å². The Morgan fingerprint density at radius 3 is 2.55 bits per heavy atom. The van der Waals surface area contributed by atoms with Gasteiger partial charge in [0.15, 0.2) is 12.3 Å². The molecule has 5 rings (SSSR count). The van der Waals surface area contributed by atoms with Gasteiger partial charge in [-0.3, -0.25) is 0 Å². The van der Waals surface area contributed by atoms with Crippen LogP contribution < -0.4 is 4.74 Å². The Hall–Kier alpha value is -3.38. The lowest BCUT2D eigenvalue weighted by molar-refractivity contribution is -0.457. The van der Waals surface area contributed by atoms with Gasteiger partial charge in [0.1, 0.15) is 18.1 Å². The molecule has 0 aliphatic carbocycles. The van der Waals surface area contributed by atoms with E-state index in [9.17, 15) is 9.59 Å². The number of carbonyl (C=O) groups excluding carboxylic acids is 2. The summed E-state index contributed by atoms with van der Waals surface area (Å²) in [5.41, 5.74) is 2.22. The molecule has 2 aliphatic rings. The summed E-state index contributed by atoms with van der Waals surface area (Å²) in [4.78, 5) is 27.7. The van der Waals surface area contributed by atoms with E-state index in [4.69, 9.17) is 20.8 Å². The van der Waals surface area contributed by atoms with Crippen LogP contribution in [-0.2, 0) is 17.9 Å². The molecule has 6 nitrogen and oxygen atoms in total. The monoisotopic (exact) mass is 407 g/mol.